The Morgan fingerprint density at radius 1 is 1.00 bits per heavy atom. The topological polar surface area (TPSA) is 24.9 Å². The Morgan fingerprint density at radius 3 is 2.50 bits per heavy atom. The lowest BCUT2D eigenvalue weighted by molar-refractivity contribution is -0.0979. The van der Waals surface area contributed by atoms with Crippen molar-refractivity contribution in [2.24, 2.45) is 0 Å². The molecule has 0 unspecified atom stereocenters. The van der Waals surface area contributed by atoms with E-state index < -0.39 is 0 Å². The van der Waals surface area contributed by atoms with Gasteiger partial charge in [-0.2, -0.15) is 0 Å². The number of rotatable bonds is 3. The molecule has 22 heavy (non-hydrogen) atoms. The second-order valence-corrected chi connectivity index (χ2v) is 7.65. The fourth-order valence-electron chi connectivity index (χ4n) is 4.02. The second-order valence-electron chi connectivity index (χ2n) is 6.65. The molecule has 0 amide bonds. The summed E-state index contributed by atoms with van der Waals surface area (Å²) in [5.41, 5.74) is 1.53. The minimum atomic E-state index is 0.0308. The van der Waals surface area contributed by atoms with Gasteiger partial charge < -0.3 is 14.4 Å². The summed E-state index contributed by atoms with van der Waals surface area (Å²) < 4.78 is 11.7. The molecule has 5 heteroatoms. The summed E-state index contributed by atoms with van der Waals surface area (Å²) in [5.74, 6) is 0. The van der Waals surface area contributed by atoms with Gasteiger partial charge >= 0.3 is 0 Å². The van der Waals surface area contributed by atoms with Crippen LogP contribution in [0.1, 0.15) is 23.3 Å². The van der Waals surface area contributed by atoms with Gasteiger partial charge in [0, 0.05) is 50.6 Å². The first-order chi connectivity index (χ1) is 10.9. The zero-order chi connectivity index (χ0) is 14.8. The number of fused-ring (bicyclic) bond motifs is 2. The Labute approximate surface area is 137 Å². The van der Waals surface area contributed by atoms with Gasteiger partial charge in [-0.15, -0.1) is 11.3 Å². The highest BCUT2D eigenvalue weighted by atomic mass is 32.1. The quantitative estimate of drug-likeness (QED) is 0.849. The predicted molar refractivity (Wildman–Crippen MR) is 88.6 cm³/mol. The molecule has 0 aromatic carbocycles. The Morgan fingerprint density at radius 2 is 1.73 bits per heavy atom. The summed E-state index contributed by atoms with van der Waals surface area (Å²) in [5, 5.41) is 2.24. The molecule has 1 aromatic rings. The van der Waals surface area contributed by atoms with E-state index in [1.54, 1.807) is 4.88 Å². The third-order valence-corrected chi connectivity index (χ3v) is 6.42. The van der Waals surface area contributed by atoms with Crippen LogP contribution in [0.4, 0.5) is 0 Å². The molecule has 2 saturated heterocycles. The molecule has 122 valence electrons. The standard InChI is InChI=1S/C17H26N2O2S/c1-11-21-17(15-2-14-22-16(1)15)3-5-18(6-4-17)7-8-19-9-12-20-13-10-19/h2,14H,1,3-13H2. The molecule has 4 heterocycles. The van der Waals surface area contributed by atoms with Gasteiger partial charge in [-0.05, 0) is 29.9 Å². The molecule has 1 aromatic heterocycles. The lowest BCUT2D eigenvalue weighted by Crippen LogP contribution is -2.48. The number of piperidine rings is 1. The number of hydrogen-bond donors (Lipinski definition) is 0. The van der Waals surface area contributed by atoms with Gasteiger partial charge in [0.1, 0.15) is 0 Å². The summed E-state index contributed by atoms with van der Waals surface area (Å²) in [6.07, 6.45) is 3.41. The number of nitrogens with zero attached hydrogens (tertiary/aromatic N) is 2. The molecule has 0 aliphatic carbocycles. The third-order valence-electron chi connectivity index (χ3n) is 5.44. The van der Waals surface area contributed by atoms with Crippen LogP contribution in [0.3, 0.4) is 0 Å². The van der Waals surface area contributed by atoms with Gasteiger partial charge in [-0.1, -0.05) is 0 Å². The number of likely N-dealkylation sites (tertiary alicyclic amines) is 1. The lowest BCUT2D eigenvalue weighted by Gasteiger charge is -2.44. The predicted octanol–water partition coefficient (Wildman–Crippen LogP) is 1.94. The van der Waals surface area contributed by atoms with Crippen molar-refractivity contribution in [1.82, 2.24) is 9.80 Å². The normalized spacial score (nSPS) is 26.2. The zero-order valence-corrected chi connectivity index (χ0v) is 14.1. The van der Waals surface area contributed by atoms with E-state index in [2.05, 4.69) is 21.2 Å². The van der Waals surface area contributed by atoms with E-state index in [1.807, 2.05) is 11.3 Å². The number of hydrogen-bond acceptors (Lipinski definition) is 5. The third kappa shape index (κ3) is 2.97. The SMILES string of the molecule is c1cc2c(s1)CCOC21CCN(CCN2CCOCC2)CC1. The average Bonchev–Trinajstić information content (AvgIpc) is 3.06. The van der Waals surface area contributed by atoms with Crippen molar-refractivity contribution in [3.05, 3.63) is 21.9 Å². The van der Waals surface area contributed by atoms with Gasteiger partial charge in [0.05, 0.1) is 25.4 Å². The summed E-state index contributed by atoms with van der Waals surface area (Å²) in [6.45, 7) is 9.60. The maximum absolute atomic E-state index is 6.29. The van der Waals surface area contributed by atoms with Gasteiger partial charge in [0.2, 0.25) is 0 Å². The number of thiophene rings is 1. The molecule has 3 aliphatic rings. The molecule has 0 radical (unpaired) electrons. The van der Waals surface area contributed by atoms with E-state index >= 15 is 0 Å². The Bertz CT molecular complexity index is 491. The minimum Gasteiger partial charge on any atom is -0.379 e. The van der Waals surface area contributed by atoms with E-state index in [0.29, 0.717) is 0 Å². The van der Waals surface area contributed by atoms with Crippen LogP contribution in [-0.4, -0.2) is 68.9 Å². The lowest BCUT2D eigenvalue weighted by atomic mass is 9.82. The van der Waals surface area contributed by atoms with Crippen LogP contribution in [0.2, 0.25) is 0 Å². The van der Waals surface area contributed by atoms with Crippen molar-refractivity contribution < 1.29 is 9.47 Å². The largest absolute Gasteiger partial charge is 0.379 e. The van der Waals surface area contributed by atoms with Gasteiger partial charge in [0.15, 0.2) is 0 Å². The molecule has 4 nitrogen and oxygen atoms in total. The van der Waals surface area contributed by atoms with E-state index in [0.717, 1.165) is 52.2 Å². The summed E-state index contributed by atoms with van der Waals surface area (Å²) in [6, 6.07) is 2.31. The van der Waals surface area contributed by atoms with Crippen LogP contribution in [-0.2, 0) is 21.5 Å². The molecule has 0 saturated carbocycles. The summed E-state index contributed by atoms with van der Waals surface area (Å²) in [7, 11) is 0. The first-order valence-corrected chi connectivity index (χ1v) is 9.47. The molecule has 4 rings (SSSR count). The second kappa shape index (κ2) is 6.57. The first-order valence-electron chi connectivity index (χ1n) is 8.59. The van der Waals surface area contributed by atoms with Crippen LogP contribution in [0.25, 0.3) is 0 Å². The van der Waals surface area contributed by atoms with Crippen molar-refractivity contribution >= 4 is 11.3 Å². The summed E-state index contributed by atoms with van der Waals surface area (Å²) in [4.78, 5) is 6.71. The van der Waals surface area contributed by atoms with Gasteiger partial charge in [0.25, 0.3) is 0 Å². The molecule has 3 aliphatic heterocycles. The monoisotopic (exact) mass is 322 g/mol. The van der Waals surface area contributed by atoms with E-state index in [1.165, 1.54) is 31.7 Å². The molecular formula is C17H26N2O2S. The van der Waals surface area contributed by atoms with Crippen molar-refractivity contribution in [3.8, 4) is 0 Å². The maximum Gasteiger partial charge on any atom is 0.0966 e. The Balaban J connectivity index is 1.31. The highest BCUT2D eigenvalue weighted by molar-refractivity contribution is 7.10. The van der Waals surface area contributed by atoms with Crippen LogP contribution < -0.4 is 0 Å². The highest BCUT2D eigenvalue weighted by Crippen LogP contribution is 2.43. The van der Waals surface area contributed by atoms with Crippen LogP contribution in [0.5, 0.6) is 0 Å². The van der Waals surface area contributed by atoms with Gasteiger partial charge in [-0.3, -0.25) is 4.90 Å². The van der Waals surface area contributed by atoms with Crippen molar-refractivity contribution in [3.63, 3.8) is 0 Å². The first kappa shape index (κ1) is 15.1. The molecule has 1 spiro atoms. The molecular weight excluding hydrogens is 296 g/mol. The Hall–Kier alpha value is -0.460. The maximum atomic E-state index is 6.29. The Kier molecular flexibility index (Phi) is 4.51. The van der Waals surface area contributed by atoms with E-state index in [4.69, 9.17) is 9.47 Å². The molecule has 2 fully saturated rings. The van der Waals surface area contributed by atoms with Gasteiger partial charge in [-0.25, -0.2) is 0 Å². The fourth-order valence-corrected chi connectivity index (χ4v) is 4.97. The molecule has 0 bridgehead atoms. The van der Waals surface area contributed by atoms with Crippen molar-refractivity contribution in [1.29, 1.82) is 0 Å². The van der Waals surface area contributed by atoms with Crippen molar-refractivity contribution in [2.45, 2.75) is 24.9 Å². The van der Waals surface area contributed by atoms with Crippen LogP contribution >= 0.6 is 11.3 Å². The van der Waals surface area contributed by atoms with Crippen molar-refractivity contribution in [2.75, 3.05) is 59.1 Å². The van der Waals surface area contributed by atoms with E-state index in [-0.39, 0.29) is 5.60 Å². The van der Waals surface area contributed by atoms with Crippen LogP contribution in [0, 0.1) is 0 Å². The molecule has 0 atom stereocenters. The zero-order valence-electron chi connectivity index (χ0n) is 13.3. The number of morpholine rings is 1. The molecule has 0 N–H and O–H groups in total. The number of ether oxygens (including phenoxy) is 2. The average molecular weight is 322 g/mol. The summed E-state index contributed by atoms with van der Waals surface area (Å²) >= 11 is 1.91. The van der Waals surface area contributed by atoms with E-state index in [9.17, 15) is 0 Å². The highest BCUT2D eigenvalue weighted by Gasteiger charge is 2.41. The van der Waals surface area contributed by atoms with Crippen LogP contribution in [0.15, 0.2) is 11.4 Å². The smallest absolute Gasteiger partial charge is 0.0966 e. The fraction of sp³-hybridized carbons (Fsp3) is 0.765. The minimum absolute atomic E-state index is 0.0308.